The van der Waals surface area contributed by atoms with Crippen molar-refractivity contribution in [1.29, 1.82) is 0 Å². The first-order chi connectivity index (χ1) is 14.6. The Balaban J connectivity index is 1.52. The Morgan fingerprint density at radius 2 is 1.87 bits per heavy atom. The van der Waals surface area contributed by atoms with Crippen molar-refractivity contribution in [2.45, 2.75) is 25.2 Å². The Bertz CT molecular complexity index is 970. The number of hydrogen-bond acceptors (Lipinski definition) is 7. The maximum atomic E-state index is 6.07. The molecule has 0 aliphatic carbocycles. The highest BCUT2D eigenvalue weighted by molar-refractivity contribution is 7.99. The summed E-state index contributed by atoms with van der Waals surface area (Å²) in [6, 6.07) is 11.4. The third kappa shape index (κ3) is 6.50. The van der Waals surface area contributed by atoms with E-state index in [9.17, 15) is 0 Å². The molecule has 0 spiro atoms. The first kappa shape index (κ1) is 22.7. The summed E-state index contributed by atoms with van der Waals surface area (Å²) in [6.45, 7) is 4.44. The van der Waals surface area contributed by atoms with Crippen LogP contribution >= 0.6 is 35.0 Å². The number of nitrogens with zero attached hydrogens (tertiary/aromatic N) is 4. The Kier molecular flexibility index (Phi) is 8.62. The molecule has 1 heterocycles. The first-order valence-corrected chi connectivity index (χ1v) is 11.2. The zero-order valence-electron chi connectivity index (χ0n) is 16.8. The van der Waals surface area contributed by atoms with E-state index in [0.29, 0.717) is 29.0 Å². The van der Waals surface area contributed by atoms with Crippen molar-refractivity contribution in [2.24, 2.45) is 7.05 Å². The fraction of sp³-hybridized carbons (Fsp3) is 0.350. The summed E-state index contributed by atoms with van der Waals surface area (Å²) in [5, 5.41) is 16.7. The van der Waals surface area contributed by atoms with Crippen molar-refractivity contribution in [1.82, 2.24) is 25.5 Å². The Morgan fingerprint density at radius 1 is 1.03 bits per heavy atom. The summed E-state index contributed by atoms with van der Waals surface area (Å²) >= 11 is 13.7. The van der Waals surface area contributed by atoms with E-state index in [2.05, 4.69) is 20.8 Å². The predicted molar refractivity (Wildman–Crippen MR) is 120 cm³/mol. The largest absolute Gasteiger partial charge is 0.490 e. The van der Waals surface area contributed by atoms with Gasteiger partial charge in [0.1, 0.15) is 6.61 Å². The Morgan fingerprint density at radius 3 is 2.60 bits per heavy atom. The number of nitrogens with one attached hydrogen (secondary N) is 1. The normalized spacial score (nSPS) is 10.9. The third-order valence-electron chi connectivity index (χ3n) is 4.11. The van der Waals surface area contributed by atoms with Crippen LogP contribution in [0.15, 0.2) is 41.6 Å². The van der Waals surface area contributed by atoms with Gasteiger partial charge in [-0.1, -0.05) is 47.1 Å². The van der Waals surface area contributed by atoms with Crippen LogP contribution < -0.4 is 14.8 Å². The summed E-state index contributed by atoms with van der Waals surface area (Å²) in [6.07, 6.45) is 0. The summed E-state index contributed by atoms with van der Waals surface area (Å²) in [7, 11) is 1.83. The van der Waals surface area contributed by atoms with Crippen LogP contribution in [0.5, 0.6) is 11.5 Å². The highest BCUT2D eigenvalue weighted by Crippen LogP contribution is 2.30. The van der Waals surface area contributed by atoms with Gasteiger partial charge in [0.25, 0.3) is 0 Å². The molecule has 1 N–H and O–H groups in total. The molecule has 30 heavy (non-hydrogen) atoms. The van der Waals surface area contributed by atoms with Gasteiger partial charge in [-0.05, 0) is 52.7 Å². The number of ether oxygens (including phenoxy) is 2. The van der Waals surface area contributed by atoms with Gasteiger partial charge in [-0.25, -0.2) is 4.68 Å². The molecule has 0 atom stereocenters. The molecule has 7 nitrogen and oxygen atoms in total. The molecule has 10 heteroatoms. The van der Waals surface area contributed by atoms with Crippen LogP contribution in [0.2, 0.25) is 10.0 Å². The quantitative estimate of drug-likeness (QED) is 0.331. The molecule has 0 radical (unpaired) electrons. The molecule has 0 fully saturated rings. The molecule has 0 aliphatic heterocycles. The minimum atomic E-state index is 0.378. The second-order valence-corrected chi connectivity index (χ2v) is 8.24. The molecule has 3 aromatic rings. The van der Waals surface area contributed by atoms with Crippen molar-refractivity contribution < 1.29 is 9.47 Å². The molecule has 0 unspecified atom stereocenters. The molecule has 0 bridgehead atoms. The lowest BCUT2D eigenvalue weighted by molar-refractivity contribution is 0.269. The summed E-state index contributed by atoms with van der Waals surface area (Å²) in [4.78, 5) is 0. The number of benzene rings is 2. The van der Waals surface area contributed by atoms with E-state index < -0.39 is 0 Å². The standard InChI is InChI=1S/C20H23Cl2N5O2S/c1-3-28-19-11-14(12-23-8-9-30-20-24-25-26-27(20)2)5-7-18(19)29-13-15-4-6-16(21)17(22)10-15/h4-7,10-11,23H,3,8-9,12-13H2,1-2H3. The van der Waals surface area contributed by atoms with E-state index in [0.717, 1.165) is 40.9 Å². The Labute approximate surface area is 190 Å². The minimum absolute atomic E-state index is 0.378. The van der Waals surface area contributed by atoms with Gasteiger partial charge in [0.2, 0.25) is 5.16 Å². The van der Waals surface area contributed by atoms with Gasteiger partial charge in [0.05, 0.1) is 16.7 Å². The van der Waals surface area contributed by atoms with Gasteiger partial charge < -0.3 is 14.8 Å². The zero-order valence-corrected chi connectivity index (χ0v) is 19.1. The van der Waals surface area contributed by atoms with Gasteiger partial charge >= 0.3 is 0 Å². The van der Waals surface area contributed by atoms with E-state index in [1.54, 1.807) is 28.6 Å². The molecule has 0 amide bonds. The Hall–Kier alpha value is -2.00. The third-order valence-corrected chi connectivity index (χ3v) is 5.86. The van der Waals surface area contributed by atoms with Crippen LogP contribution in [0, 0.1) is 0 Å². The molecule has 0 aliphatic rings. The van der Waals surface area contributed by atoms with Crippen LogP contribution in [0.25, 0.3) is 0 Å². The summed E-state index contributed by atoms with van der Waals surface area (Å²) < 4.78 is 13.4. The van der Waals surface area contributed by atoms with E-state index in [1.807, 2.05) is 38.2 Å². The summed E-state index contributed by atoms with van der Waals surface area (Å²) in [5.74, 6) is 2.28. The fourth-order valence-corrected chi connectivity index (χ4v) is 3.70. The number of hydrogen-bond donors (Lipinski definition) is 1. The minimum Gasteiger partial charge on any atom is -0.490 e. The first-order valence-electron chi connectivity index (χ1n) is 9.45. The maximum Gasteiger partial charge on any atom is 0.209 e. The van der Waals surface area contributed by atoms with Crippen molar-refractivity contribution >= 4 is 35.0 Å². The number of aromatic nitrogens is 4. The van der Waals surface area contributed by atoms with Crippen molar-refractivity contribution in [3.63, 3.8) is 0 Å². The summed E-state index contributed by atoms with van der Waals surface area (Å²) in [5.41, 5.74) is 2.05. The molecule has 0 saturated carbocycles. The van der Waals surface area contributed by atoms with E-state index in [1.165, 1.54) is 0 Å². The molecular formula is C20H23Cl2N5O2S. The van der Waals surface area contributed by atoms with Gasteiger partial charge in [-0.3, -0.25) is 0 Å². The van der Waals surface area contributed by atoms with E-state index in [4.69, 9.17) is 32.7 Å². The van der Waals surface area contributed by atoms with Crippen LogP contribution in [0.3, 0.4) is 0 Å². The molecule has 3 rings (SSSR count). The lowest BCUT2D eigenvalue weighted by Gasteiger charge is -2.14. The monoisotopic (exact) mass is 467 g/mol. The predicted octanol–water partition coefficient (Wildman–Crippen LogP) is 4.38. The van der Waals surface area contributed by atoms with Gasteiger partial charge in [-0.15, -0.1) is 5.10 Å². The lowest BCUT2D eigenvalue weighted by atomic mass is 10.2. The van der Waals surface area contributed by atoms with Gasteiger partial charge in [-0.2, -0.15) is 0 Å². The fourth-order valence-electron chi connectivity index (χ4n) is 2.63. The van der Waals surface area contributed by atoms with E-state index in [-0.39, 0.29) is 0 Å². The molecule has 2 aromatic carbocycles. The molecule has 1 aromatic heterocycles. The van der Waals surface area contributed by atoms with Crippen molar-refractivity contribution in [3.05, 3.63) is 57.6 Å². The lowest BCUT2D eigenvalue weighted by Crippen LogP contribution is -2.17. The van der Waals surface area contributed by atoms with Crippen molar-refractivity contribution in [2.75, 3.05) is 18.9 Å². The number of aryl methyl sites for hydroxylation is 1. The highest BCUT2D eigenvalue weighted by Gasteiger charge is 2.08. The van der Waals surface area contributed by atoms with E-state index >= 15 is 0 Å². The number of tetrazole rings is 1. The van der Waals surface area contributed by atoms with Gasteiger partial charge in [0.15, 0.2) is 11.5 Å². The highest BCUT2D eigenvalue weighted by atomic mass is 35.5. The smallest absolute Gasteiger partial charge is 0.209 e. The SMILES string of the molecule is CCOc1cc(CNCCSc2nnnn2C)ccc1OCc1ccc(Cl)c(Cl)c1. The second kappa shape index (κ2) is 11.4. The van der Waals surface area contributed by atoms with Crippen LogP contribution in [0.1, 0.15) is 18.1 Å². The van der Waals surface area contributed by atoms with Crippen LogP contribution in [-0.2, 0) is 20.2 Å². The zero-order chi connectivity index (χ0) is 21.3. The number of rotatable bonds is 11. The van der Waals surface area contributed by atoms with Gasteiger partial charge in [0, 0.05) is 25.9 Å². The average molecular weight is 468 g/mol. The van der Waals surface area contributed by atoms with Crippen LogP contribution in [-0.4, -0.2) is 39.1 Å². The average Bonchev–Trinajstić information content (AvgIpc) is 3.14. The molecular weight excluding hydrogens is 445 g/mol. The number of thioether (sulfide) groups is 1. The second-order valence-electron chi connectivity index (χ2n) is 6.36. The molecule has 0 saturated heterocycles. The molecule has 160 valence electrons. The topological polar surface area (TPSA) is 74.1 Å². The van der Waals surface area contributed by atoms with Crippen molar-refractivity contribution in [3.8, 4) is 11.5 Å². The van der Waals surface area contributed by atoms with Crippen LogP contribution in [0.4, 0.5) is 0 Å². The maximum absolute atomic E-state index is 6.07. The number of halogens is 2.